The van der Waals surface area contributed by atoms with Crippen molar-refractivity contribution in [2.75, 3.05) is 5.75 Å². The van der Waals surface area contributed by atoms with E-state index in [1.165, 1.54) is 16.3 Å². The number of nitrogens with one attached hydrogen (secondary N) is 2. The molecule has 0 saturated heterocycles. The number of hydrogen-bond donors (Lipinski definition) is 2. The second-order valence-corrected chi connectivity index (χ2v) is 10.9. The summed E-state index contributed by atoms with van der Waals surface area (Å²) in [5.41, 5.74) is 0.553. The van der Waals surface area contributed by atoms with E-state index in [1.807, 2.05) is 13.8 Å². The molecule has 1 aromatic carbocycles. The Kier molecular flexibility index (Phi) is 7.71. The molecule has 1 aliphatic heterocycles. The molecule has 0 radical (unpaired) electrons. The maximum absolute atomic E-state index is 13.5. The van der Waals surface area contributed by atoms with Crippen molar-refractivity contribution < 1.29 is 14.3 Å². The third-order valence-corrected chi connectivity index (χ3v) is 6.67. The number of rotatable bonds is 5. The average molecular weight is 512 g/mol. The van der Waals surface area contributed by atoms with Gasteiger partial charge >= 0.3 is 6.09 Å². The van der Waals surface area contributed by atoms with Crippen LogP contribution in [0.25, 0.3) is 0 Å². The van der Waals surface area contributed by atoms with Crippen molar-refractivity contribution in [1.29, 1.82) is 0 Å². The zero-order valence-electron chi connectivity index (χ0n) is 19.1. The van der Waals surface area contributed by atoms with Crippen molar-refractivity contribution in [3.63, 3.8) is 0 Å². The Morgan fingerprint density at radius 3 is 2.55 bits per heavy atom. The predicted molar refractivity (Wildman–Crippen MR) is 132 cm³/mol. The number of amides is 2. The molecule has 0 unspecified atom stereocenters. The molecule has 2 aromatic rings. The Morgan fingerprint density at radius 2 is 1.94 bits per heavy atom. The van der Waals surface area contributed by atoms with Crippen molar-refractivity contribution in [2.24, 2.45) is 0 Å². The smallest absolute Gasteiger partial charge is 0.408 e. The number of aromatic nitrogens is 1. The number of hydrogen-bond acceptors (Lipinski definition) is 5. The van der Waals surface area contributed by atoms with Gasteiger partial charge in [-0.2, -0.15) is 0 Å². The second kappa shape index (κ2) is 9.99. The number of alkyl carbamates (subject to hydrolysis) is 1. The topological polar surface area (TPSA) is 89.4 Å². The third-order valence-electron chi connectivity index (χ3n) is 4.70. The van der Waals surface area contributed by atoms with Gasteiger partial charge in [-0.1, -0.05) is 29.3 Å². The summed E-state index contributed by atoms with van der Waals surface area (Å²) in [5.74, 6) is 0.136. The number of thioether (sulfide) groups is 1. The lowest BCUT2D eigenvalue weighted by molar-refractivity contribution is 0.0508. The third kappa shape index (κ3) is 6.25. The zero-order chi connectivity index (χ0) is 24.5. The highest BCUT2D eigenvalue weighted by atomic mass is 35.5. The molecule has 1 aromatic heterocycles. The van der Waals surface area contributed by atoms with Gasteiger partial charge in [0.15, 0.2) is 0 Å². The van der Waals surface area contributed by atoms with Gasteiger partial charge < -0.3 is 19.9 Å². The molecule has 178 valence electrons. The number of nitrogens with zero attached hydrogens (tertiary/aromatic N) is 1. The van der Waals surface area contributed by atoms with E-state index in [1.54, 1.807) is 45.2 Å². The van der Waals surface area contributed by atoms with Gasteiger partial charge in [0, 0.05) is 22.9 Å². The summed E-state index contributed by atoms with van der Waals surface area (Å²) in [6.45, 7) is 9.22. The lowest BCUT2D eigenvalue weighted by atomic mass is 10.1. The van der Waals surface area contributed by atoms with Crippen molar-refractivity contribution >= 4 is 47.0 Å². The SMILES string of the molecule is CC(C)NC(=O)c1cn(Cc2ccc(Cl)c(Cl)c2)c(=O)c2c1SC[C@@H]2NC(=O)OC(C)(C)C. The van der Waals surface area contributed by atoms with Crippen molar-refractivity contribution in [1.82, 2.24) is 15.2 Å². The van der Waals surface area contributed by atoms with Crippen LogP contribution in [0.1, 0.15) is 62.1 Å². The number of halogens is 2. The van der Waals surface area contributed by atoms with E-state index in [2.05, 4.69) is 10.6 Å². The maximum atomic E-state index is 13.5. The van der Waals surface area contributed by atoms with Crippen LogP contribution in [0.5, 0.6) is 0 Å². The molecule has 0 spiro atoms. The minimum Gasteiger partial charge on any atom is -0.444 e. The standard InChI is InChI=1S/C23H27Cl2N3O4S/c1-12(2)26-20(29)14-10-28(9-13-6-7-15(24)16(25)8-13)21(30)18-17(11-33-19(14)18)27-22(31)32-23(3,4)5/h6-8,10,12,17H,9,11H2,1-5H3,(H,26,29)(H,27,31)/t17-/m0/s1. The molecule has 10 heteroatoms. The van der Waals surface area contributed by atoms with Crippen LogP contribution >= 0.6 is 35.0 Å². The highest BCUT2D eigenvalue weighted by Gasteiger charge is 2.34. The summed E-state index contributed by atoms with van der Waals surface area (Å²) < 4.78 is 6.82. The maximum Gasteiger partial charge on any atom is 0.408 e. The van der Waals surface area contributed by atoms with Crippen LogP contribution in [-0.4, -0.2) is 34.0 Å². The number of fused-ring (bicyclic) bond motifs is 1. The van der Waals surface area contributed by atoms with E-state index in [0.717, 1.165) is 5.56 Å². The normalized spacial score (nSPS) is 15.3. The lowest BCUT2D eigenvalue weighted by Crippen LogP contribution is -2.38. The van der Waals surface area contributed by atoms with Gasteiger partial charge in [0.25, 0.3) is 11.5 Å². The predicted octanol–water partition coefficient (Wildman–Crippen LogP) is 5.01. The first kappa shape index (κ1) is 25.5. The van der Waals surface area contributed by atoms with E-state index in [4.69, 9.17) is 27.9 Å². The fourth-order valence-corrected chi connectivity index (χ4v) is 4.99. The Morgan fingerprint density at radius 1 is 1.24 bits per heavy atom. The molecule has 0 fully saturated rings. The Bertz CT molecular complexity index is 1140. The second-order valence-electron chi connectivity index (χ2n) is 9.11. The van der Waals surface area contributed by atoms with Gasteiger partial charge in [-0.3, -0.25) is 9.59 Å². The summed E-state index contributed by atoms with van der Waals surface area (Å²) >= 11 is 13.5. The lowest BCUT2D eigenvalue weighted by Gasteiger charge is -2.22. The van der Waals surface area contributed by atoms with E-state index in [9.17, 15) is 14.4 Å². The molecule has 0 aliphatic carbocycles. The van der Waals surface area contributed by atoms with Gasteiger partial charge in [-0.15, -0.1) is 11.8 Å². The summed E-state index contributed by atoms with van der Waals surface area (Å²) in [4.78, 5) is 39.4. The van der Waals surface area contributed by atoms with Crippen LogP contribution < -0.4 is 16.2 Å². The minimum absolute atomic E-state index is 0.0781. The fraction of sp³-hybridized carbons (Fsp3) is 0.435. The number of carbonyl (C=O) groups excluding carboxylic acids is 2. The molecule has 1 atom stereocenters. The van der Waals surface area contributed by atoms with E-state index < -0.39 is 17.7 Å². The molecule has 33 heavy (non-hydrogen) atoms. The molecule has 3 rings (SSSR count). The van der Waals surface area contributed by atoms with Crippen molar-refractivity contribution in [3.05, 3.63) is 61.5 Å². The molecule has 7 nitrogen and oxygen atoms in total. The van der Waals surface area contributed by atoms with Gasteiger partial charge in [-0.05, 0) is 52.3 Å². The summed E-state index contributed by atoms with van der Waals surface area (Å²) in [7, 11) is 0. The summed E-state index contributed by atoms with van der Waals surface area (Å²) in [6, 6.07) is 4.45. The Balaban J connectivity index is 2.04. The molecule has 0 bridgehead atoms. The van der Waals surface area contributed by atoms with Crippen LogP contribution in [0.4, 0.5) is 4.79 Å². The number of carbonyl (C=O) groups is 2. The average Bonchev–Trinajstić information content (AvgIpc) is 3.08. The minimum atomic E-state index is -0.675. The molecule has 2 N–H and O–H groups in total. The van der Waals surface area contributed by atoms with E-state index >= 15 is 0 Å². The molecule has 2 amide bonds. The van der Waals surface area contributed by atoms with Crippen LogP contribution in [0, 0.1) is 0 Å². The van der Waals surface area contributed by atoms with Gasteiger partial charge in [0.1, 0.15) is 5.60 Å². The van der Waals surface area contributed by atoms with Gasteiger partial charge in [-0.25, -0.2) is 4.79 Å². The first-order valence-electron chi connectivity index (χ1n) is 10.5. The van der Waals surface area contributed by atoms with Gasteiger partial charge in [0.2, 0.25) is 0 Å². The summed E-state index contributed by atoms with van der Waals surface area (Å²) in [5, 5.41) is 6.46. The first-order valence-corrected chi connectivity index (χ1v) is 12.2. The first-order chi connectivity index (χ1) is 15.4. The Hall–Kier alpha value is -2.16. The molecule has 1 aliphatic rings. The number of benzene rings is 1. The van der Waals surface area contributed by atoms with Crippen molar-refractivity contribution in [3.8, 4) is 0 Å². The molecule has 2 heterocycles. The largest absolute Gasteiger partial charge is 0.444 e. The van der Waals surface area contributed by atoms with Crippen LogP contribution in [0.2, 0.25) is 10.0 Å². The van der Waals surface area contributed by atoms with Crippen LogP contribution in [0.3, 0.4) is 0 Å². The highest BCUT2D eigenvalue weighted by molar-refractivity contribution is 7.99. The van der Waals surface area contributed by atoms with Gasteiger partial charge in [0.05, 0.1) is 33.8 Å². The molecule has 0 saturated carbocycles. The summed E-state index contributed by atoms with van der Waals surface area (Å²) in [6.07, 6.45) is 0.943. The number of ether oxygens (including phenoxy) is 1. The van der Waals surface area contributed by atoms with Crippen LogP contribution in [0.15, 0.2) is 34.1 Å². The van der Waals surface area contributed by atoms with E-state index in [-0.39, 0.29) is 24.1 Å². The Labute approximate surface area is 207 Å². The van der Waals surface area contributed by atoms with Crippen LogP contribution in [-0.2, 0) is 11.3 Å². The van der Waals surface area contributed by atoms with Crippen molar-refractivity contribution in [2.45, 2.75) is 63.7 Å². The fourth-order valence-electron chi connectivity index (χ4n) is 3.40. The molecular formula is C23H27Cl2N3O4S. The molecular weight excluding hydrogens is 485 g/mol. The number of pyridine rings is 1. The zero-order valence-corrected chi connectivity index (χ0v) is 21.5. The monoisotopic (exact) mass is 511 g/mol. The van der Waals surface area contributed by atoms with E-state index in [0.29, 0.717) is 31.8 Å². The highest BCUT2D eigenvalue weighted by Crippen LogP contribution is 2.39. The quantitative estimate of drug-likeness (QED) is 0.588.